The summed E-state index contributed by atoms with van der Waals surface area (Å²) in [6.07, 6.45) is 5.61. The largest absolute Gasteiger partial charge is 0.481 e. The molecule has 2 aliphatic rings. The van der Waals surface area contributed by atoms with Crippen molar-refractivity contribution in [1.29, 1.82) is 0 Å². The molecule has 2 aliphatic heterocycles. The third-order valence-electron chi connectivity index (χ3n) is 6.32. The predicted octanol–water partition coefficient (Wildman–Crippen LogP) is 3.29. The van der Waals surface area contributed by atoms with Crippen LogP contribution in [0.3, 0.4) is 0 Å². The number of ether oxygens (including phenoxy) is 1. The average molecular weight is 439 g/mol. The van der Waals surface area contributed by atoms with E-state index in [1.54, 1.807) is 19.4 Å². The molecule has 2 atom stereocenters. The second-order valence-electron chi connectivity index (χ2n) is 8.62. The van der Waals surface area contributed by atoms with Gasteiger partial charge in [0.05, 0.1) is 23.5 Å². The van der Waals surface area contributed by atoms with Crippen molar-refractivity contribution in [2.75, 3.05) is 20.2 Å². The Labute approximate surface area is 182 Å². The molecule has 1 aromatic carbocycles. The van der Waals surface area contributed by atoms with E-state index in [0.717, 1.165) is 28.8 Å². The van der Waals surface area contributed by atoms with E-state index >= 15 is 0 Å². The van der Waals surface area contributed by atoms with Gasteiger partial charge in [0.15, 0.2) is 9.84 Å². The van der Waals surface area contributed by atoms with Crippen LogP contribution in [0, 0.1) is 0 Å². The molecule has 7 nitrogen and oxygen atoms in total. The molecule has 162 valence electrons. The Bertz CT molecular complexity index is 1240. The normalized spacial score (nSPS) is 21.9. The highest BCUT2D eigenvalue weighted by Crippen LogP contribution is 2.46. The van der Waals surface area contributed by atoms with Crippen LogP contribution >= 0.6 is 0 Å². The molecule has 8 heteroatoms. The average Bonchev–Trinajstić information content (AvgIpc) is 3.45. The second kappa shape index (κ2) is 7.46. The van der Waals surface area contributed by atoms with E-state index in [0.29, 0.717) is 29.9 Å². The van der Waals surface area contributed by atoms with Crippen molar-refractivity contribution in [2.45, 2.75) is 42.5 Å². The molecule has 0 spiro atoms. The van der Waals surface area contributed by atoms with Crippen LogP contribution < -0.4 is 4.74 Å². The lowest BCUT2D eigenvalue weighted by molar-refractivity contribution is 0.325. The van der Waals surface area contributed by atoms with Gasteiger partial charge in [-0.1, -0.05) is 6.07 Å². The van der Waals surface area contributed by atoms with E-state index in [9.17, 15) is 8.42 Å². The number of nitrogens with zero attached hydrogens (tertiary/aromatic N) is 4. The van der Waals surface area contributed by atoms with Crippen molar-refractivity contribution in [3.8, 4) is 17.0 Å². The van der Waals surface area contributed by atoms with E-state index in [4.69, 9.17) is 4.74 Å². The monoisotopic (exact) mass is 438 g/mol. The fourth-order valence-electron chi connectivity index (χ4n) is 4.79. The Hall–Kier alpha value is -2.71. The third kappa shape index (κ3) is 3.34. The minimum absolute atomic E-state index is 0.0252. The highest BCUT2D eigenvalue weighted by atomic mass is 32.2. The molecule has 0 bridgehead atoms. The molecule has 1 fully saturated rings. The van der Waals surface area contributed by atoms with E-state index in [1.165, 1.54) is 0 Å². The van der Waals surface area contributed by atoms with Crippen LogP contribution in [0.2, 0.25) is 0 Å². The number of benzene rings is 1. The Morgan fingerprint density at radius 3 is 2.81 bits per heavy atom. The summed E-state index contributed by atoms with van der Waals surface area (Å²) in [6.45, 7) is 6.16. The number of aromatic nitrogens is 3. The lowest BCUT2D eigenvalue weighted by Crippen LogP contribution is -2.25. The lowest BCUT2D eigenvalue weighted by Gasteiger charge is -2.17. The first-order valence-corrected chi connectivity index (χ1v) is 12.1. The van der Waals surface area contributed by atoms with Gasteiger partial charge >= 0.3 is 0 Å². The molecule has 0 unspecified atom stereocenters. The summed E-state index contributed by atoms with van der Waals surface area (Å²) in [4.78, 5) is 6.98. The smallest absolute Gasteiger partial charge is 0.221 e. The molecule has 0 amide bonds. The molecular formula is C23H26N4O3S. The van der Waals surface area contributed by atoms with Gasteiger partial charge in [0.25, 0.3) is 0 Å². The van der Waals surface area contributed by atoms with Gasteiger partial charge in [0.2, 0.25) is 5.88 Å². The molecule has 0 saturated carbocycles. The maximum absolute atomic E-state index is 13.2. The summed E-state index contributed by atoms with van der Waals surface area (Å²) < 4.78 is 33.8. The van der Waals surface area contributed by atoms with Crippen LogP contribution in [0.25, 0.3) is 11.1 Å². The SMILES string of the molecule is COc1ncccc1-c1ccc2c(c1)[C@H]1CN(Cc3cnn(C(C)C)c3)C[C@@H]1S2(=O)=O. The number of rotatable bonds is 5. The standard InChI is InChI=1S/C23H26N4O3S/c1-15(2)27-12-16(10-25-27)11-26-13-20-19-9-17(18-5-4-8-24-23(18)30-3)6-7-21(19)31(28,29)22(20)14-26/h4-10,12,15,20,22H,11,13-14H2,1-3H3/t20-,22+/m1/s1. The Morgan fingerprint density at radius 2 is 2.06 bits per heavy atom. The summed E-state index contributed by atoms with van der Waals surface area (Å²) in [5, 5.41) is 4.02. The Balaban J connectivity index is 1.45. The fraction of sp³-hybridized carbons (Fsp3) is 0.391. The number of sulfone groups is 1. The number of fused-ring (bicyclic) bond motifs is 3. The molecule has 0 N–H and O–H groups in total. The van der Waals surface area contributed by atoms with Gasteiger partial charge in [0.1, 0.15) is 0 Å². The van der Waals surface area contributed by atoms with Gasteiger partial charge in [-0.15, -0.1) is 0 Å². The van der Waals surface area contributed by atoms with Crippen LogP contribution in [-0.2, 0) is 16.4 Å². The zero-order chi connectivity index (χ0) is 21.8. The lowest BCUT2D eigenvalue weighted by atomic mass is 9.95. The number of methoxy groups -OCH3 is 1. The number of pyridine rings is 1. The zero-order valence-corrected chi connectivity index (χ0v) is 18.7. The van der Waals surface area contributed by atoms with Gasteiger partial charge in [-0.25, -0.2) is 13.4 Å². The summed E-state index contributed by atoms with van der Waals surface area (Å²) >= 11 is 0. The van der Waals surface area contributed by atoms with E-state index < -0.39 is 15.1 Å². The van der Waals surface area contributed by atoms with Crippen LogP contribution in [0.4, 0.5) is 0 Å². The molecule has 1 saturated heterocycles. The maximum Gasteiger partial charge on any atom is 0.221 e. The van der Waals surface area contributed by atoms with Crippen molar-refractivity contribution in [1.82, 2.24) is 19.7 Å². The molecule has 3 aromatic rings. The molecule has 31 heavy (non-hydrogen) atoms. The quantitative estimate of drug-likeness (QED) is 0.608. The molecule has 0 radical (unpaired) electrons. The maximum atomic E-state index is 13.2. The first kappa shape index (κ1) is 20.2. The summed E-state index contributed by atoms with van der Waals surface area (Å²) in [6, 6.07) is 9.73. The fourth-order valence-corrected chi connectivity index (χ4v) is 6.99. The first-order valence-electron chi connectivity index (χ1n) is 10.5. The van der Waals surface area contributed by atoms with Gasteiger partial charge < -0.3 is 4.74 Å². The minimum atomic E-state index is -3.34. The topological polar surface area (TPSA) is 77.3 Å². The van der Waals surface area contributed by atoms with Crippen molar-refractivity contribution in [3.05, 3.63) is 60.0 Å². The minimum Gasteiger partial charge on any atom is -0.481 e. The van der Waals surface area contributed by atoms with E-state index in [-0.39, 0.29) is 5.92 Å². The van der Waals surface area contributed by atoms with Crippen molar-refractivity contribution >= 4 is 9.84 Å². The zero-order valence-electron chi connectivity index (χ0n) is 17.9. The van der Waals surface area contributed by atoms with E-state index in [1.807, 2.05) is 41.3 Å². The highest BCUT2D eigenvalue weighted by molar-refractivity contribution is 7.92. The highest BCUT2D eigenvalue weighted by Gasteiger charge is 2.50. The van der Waals surface area contributed by atoms with Crippen molar-refractivity contribution in [2.24, 2.45) is 0 Å². The molecule has 0 aliphatic carbocycles. The van der Waals surface area contributed by atoms with E-state index in [2.05, 4.69) is 28.8 Å². The Kier molecular flexibility index (Phi) is 4.86. The van der Waals surface area contributed by atoms with Crippen LogP contribution in [-0.4, -0.2) is 53.5 Å². The van der Waals surface area contributed by atoms with Crippen molar-refractivity contribution < 1.29 is 13.2 Å². The summed E-state index contributed by atoms with van der Waals surface area (Å²) in [7, 11) is -1.75. The third-order valence-corrected chi connectivity index (χ3v) is 8.58. The summed E-state index contributed by atoms with van der Waals surface area (Å²) in [5.41, 5.74) is 3.81. The van der Waals surface area contributed by atoms with Gasteiger partial charge in [-0.05, 0) is 49.2 Å². The Morgan fingerprint density at radius 1 is 1.23 bits per heavy atom. The van der Waals surface area contributed by atoms with Crippen molar-refractivity contribution in [3.63, 3.8) is 0 Å². The molecule has 5 rings (SSSR count). The van der Waals surface area contributed by atoms with Gasteiger partial charge in [0, 0.05) is 55.1 Å². The van der Waals surface area contributed by atoms with Crippen LogP contribution in [0.15, 0.2) is 53.8 Å². The summed E-state index contributed by atoms with van der Waals surface area (Å²) in [5.74, 6) is 0.512. The number of hydrogen-bond donors (Lipinski definition) is 0. The number of hydrogen-bond acceptors (Lipinski definition) is 6. The van der Waals surface area contributed by atoms with Gasteiger partial charge in [-0.2, -0.15) is 5.10 Å². The molecule has 4 heterocycles. The molecule has 2 aromatic heterocycles. The first-order chi connectivity index (χ1) is 14.9. The molecular weight excluding hydrogens is 412 g/mol. The van der Waals surface area contributed by atoms with Gasteiger partial charge in [-0.3, -0.25) is 9.58 Å². The predicted molar refractivity (Wildman–Crippen MR) is 118 cm³/mol. The van der Waals surface area contributed by atoms with Crippen LogP contribution in [0.1, 0.15) is 36.9 Å². The number of likely N-dealkylation sites (tertiary alicyclic amines) is 1. The second-order valence-corrected chi connectivity index (χ2v) is 10.8. The van der Waals surface area contributed by atoms with Crippen LogP contribution in [0.5, 0.6) is 5.88 Å².